The molecule has 0 bridgehead atoms. The zero-order chi connectivity index (χ0) is 16.9. The predicted octanol–water partition coefficient (Wildman–Crippen LogP) is 7.16. The molecular weight excluding hydrogens is 425 g/mol. The van der Waals surface area contributed by atoms with Gasteiger partial charge in [-0.15, -0.1) is 47.0 Å². The fraction of sp³-hybridized carbons (Fsp3) is 0.571. The SMILES string of the molecule is CC(S)Sc1cc(SC(C)S)c(SC(C)S)cc1SC(C)S. The Balaban J connectivity index is 3.27. The molecule has 22 heavy (non-hydrogen) atoms. The highest BCUT2D eigenvalue weighted by molar-refractivity contribution is 8.13. The van der Waals surface area contributed by atoms with Crippen LogP contribution in [0.25, 0.3) is 0 Å². The van der Waals surface area contributed by atoms with Crippen molar-refractivity contribution in [3.8, 4) is 0 Å². The van der Waals surface area contributed by atoms with Crippen LogP contribution in [-0.2, 0) is 0 Å². The molecule has 0 saturated carbocycles. The molecule has 0 N–H and O–H groups in total. The van der Waals surface area contributed by atoms with Gasteiger partial charge >= 0.3 is 0 Å². The lowest BCUT2D eigenvalue weighted by Gasteiger charge is -2.19. The number of thioether (sulfide) groups is 4. The first kappa shape index (κ1) is 22.1. The smallest absolute Gasteiger partial charge is 0.0491 e. The highest BCUT2D eigenvalue weighted by Crippen LogP contribution is 2.45. The highest BCUT2D eigenvalue weighted by atomic mass is 32.2. The van der Waals surface area contributed by atoms with Crippen LogP contribution < -0.4 is 0 Å². The van der Waals surface area contributed by atoms with E-state index in [2.05, 4.69) is 90.3 Å². The van der Waals surface area contributed by atoms with Gasteiger partial charge in [-0.3, -0.25) is 0 Å². The lowest BCUT2D eigenvalue weighted by atomic mass is 10.3. The third kappa shape index (κ3) is 8.41. The first-order valence-electron chi connectivity index (χ1n) is 6.76. The number of benzene rings is 1. The summed E-state index contributed by atoms with van der Waals surface area (Å²) < 4.78 is 1.01. The van der Waals surface area contributed by atoms with E-state index in [1.807, 2.05) is 0 Å². The summed E-state index contributed by atoms with van der Waals surface area (Å²) in [6.45, 7) is 8.38. The lowest BCUT2D eigenvalue weighted by Crippen LogP contribution is -1.95. The second-order valence-corrected chi connectivity index (χ2v) is 14.6. The molecule has 1 rings (SSSR count). The van der Waals surface area contributed by atoms with Crippen LogP contribution in [0.2, 0.25) is 0 Å². The topological polar surface area (TPSA) is 0 Å². The maximum Gasteiger partial charge on any atom is 0.0491 e. The third-order valence-corrected chi connectivity index (χ3v) is 7.45. The molecule has 0 spiro atoms. The van der Waals surface area contributed by atoms with Gasteiger partial charge in [-0.05, 0) is 39.8 Å². The van der Waals surface area contributed by atoms with E-state index in [1.54, 1.807) is 47.0 Å². The summed E-state index contributed by atoms with van der Waals surface area (Å²) in [6.07, 6.45) is 0. The first-order valence-corrected chi connectivity index (χ1v) is 12.3. The molecule has 4 unspecified atom stereocenters. The van der Waals surface area contributed by atoms with Crippen molar-refractivity contribution < 1.29 is 0 Å². The molecule has 0 amide bonds. The van der Waals surface area contributed by atoms with Crippen molar-refractivity contribution in [2.24, 2.45) is 0 Å². The highest BCUT2D eigenvalue weighted by Gasteiger charge is 2.16. The standard InChI is InChI=1S/C14H22S8/c1-7(15)19-11-5-13(21-9(3)17)14(22-10(4)18)6-12(11)20-8(2)16/h5-10,15-18H,1-4H3. The Morgan fingerprint density at radius 2 is 0.727 bits per heavy atom. The van der Waals surface area contributed by atoms with Gasteiger partial charge in [0.1, 0.15) is 0 Å². The second-order valence-electron chi connectivity index (χ2n) is 4.61. The van der Waals surface area contributed by atoms with E-state index in [9.17, 15) is 0 Å². The van der Waals surface area contributed by atoms with Gasteiger partial charge in [-0.25, -0.2) is 0 Å². The summed E-state index contributed by atoms with van der Waals surface area (Å²) in [6, 6.07) is 4.54. The average molecular weight is 447 g/mol. The Bertz CT molecular complexity index is 388. The maximum atomic E-state index is 4.53. The summed E-state index contributed by atoms with van der Waals surface area (Å²) in [5.74, 6) is 0. The molecule has 0 nitrogen and oxygen atoms in total. The van der Waals surface area contributed by atoms with Gasteiger partial charge in [0.05, 0.1) is 0 Å². The van der Waals surface area contributed by atoms with E-state index in [4.69, 9.17) is 0 Å². The van der Waals surface area contributed by atoms with Crippen molar-refractivity contribution in [3.63, 3.8) is 0 Å². The molecule has 1 aromatic carbocycles. The van der Waals surface area contributed by atoms with E-state index in [-0.39, 0.29) is 18.3 Å². The summed E-state index contributed by atoms with van der Waals surface area (Å²) in [5.41, 5.74) is 0. The van der Waals surface area contributed by atoms with Gasteiger partial charge in [0.15, 0.2) is 0 Å². The zero-order valence-electron chi connectivity index (χ0n) is 12.9. The molecule has 0 aliphatic rings. The minimum Gasteiger partial charge on any atom is -0.165 e. The van der Waals surface area contributed by atoms with E-state index < -0.39 is 0 Å². The van der Waals surface area contributed by atoms with Crippen molar-refractivity contribution in [1.82, 2.24) is 0 Å². The number of rotatable bonds is 8. The fourth-order valence-electron chi connectivity index (χ4n) is 1.63. The Morgan fingerprint density at radius 1 is 0.545 bits per heavy atom. The van der Waals surface area contributed by atoms with Crippen LogP contribution in [0.4, 0.5) is 0 Å². The van der Waals surface area contributed by atoms with E-state index in [1.165, 1.54) is 19.6 Å². The third-order valence-electron chi connectivity index (χ3n) is 2.20. The quantitative estimate of drug-likeness (QED) is 0.190. The summed E-state index contributed by atoms with van der Waals surface area (Å²) >= 11 is 25.2. The molecule has 1 aromatic rings. The van der Waals surface area contributed by atoms with Crippen LogP contribution in [-0.4, -0.2) is 18.3 Å². The van der Waals surface area contributed by atoms with Crippen molar-refractivity contribution >= 4 is 97.6 Å². The van der Waals surface area contributed by atoms with E-state index in [0.717, 1.165) is 0 Å². The van der Waals surface area contributed by atoms with Crippen LogP contribution in [0.5, 0.6) is 0 Å². The van der Waals surface area contributed by atoms with Crippen LogP contribution in [0, 0.1) is 0 Å². The van der Waals surface area contributed by atoms with Gasteiger partial charge in [0.25, 0.3) is 0 Å². The molecule has 0 aliphatic heterocycles. The normalized spacial score (nSPS) is 17.1. The Hall–Kier alpha value is 2.02. The summed E-state index contributed by atoms with van der Waals surface area (Å²) in [4.78, 5) is 5.06. The number of hydrogen-bond donors (Lipinski definition) is 4. The molecule has 4 atom stereocenters. The Morgan fingerprint density at radius 3 is 0.864 bits per heavy atom. The van der Waals surface area contributed by atoms with Crippen molar-refractivity contribution in [2.45, 2.75) is 65.6 Å². The maximum absolute atomic E-state index is 4.53. The van der Waals surface area contributed by atoms with Gasteiger partial charge in [-0.1, -0.05) is 0 Å². The van der Waals surface area contributed by atoms with Crippen LogP contribution in [0.3, 0.4) is 0 Å². The number of thiol groups is 4. The van der Waals surface area contributed by atoms with Gasteiger partial charge in [-0.2, -0.15) is 50.5 Å². The van der Waals surface area contributed by atoms with Crippen molar-refractivity contribution in [1.29, 1.82) is 0 Å². The summed E-state index contributed by atoms with van der Waals surface area (Å²) in [7, 11) is 0. The predicted molar refractivity (Wildman–Crippen MR) is 124 cm³/mol. The van der Waals surface area contributed by atoms with Crippen molar-refractivity contribution in [2.75, 3.05) is 0 Å². The monoisotopic (exact) mass is 446 g/mol. The Labute approximate surface area is 173 Å². The van der Waals surface area contributed by atoms with Gasteiger partial charge < -0.3 is 0 Å². The molecule has 0 aromatic heterocycles. The number of hydrogen-bond acceptors (Lipinski definition) is 8. The molecule has 0 aliphatic carbocycles. The molecule has 0 fully saturated rings. The molecule has 8 heteroatoms. The summed E-state index contributed by atoms with van der Waals surface area (Å²) in [5, 5.41) is 0. The first-order chi connectivity index (χ1) is 10.2. The largest absolute Gasteiger partial charge is 0.165 e. The Kier molecular flexibility index (Phi) is 10.9. The van der Waals surface area contributed by atoms with Gasteiger partial charge in [0, 0.05) is 37.9 Å². The molecule has 0 radical (unpaired) electrons. The van der Waals surface area contributed by atoms with Crippen molar-refractivity contribution in [3.05, 3.63) is 12.1 Å². The lowest BCUT2D eigenvalue weighted by molar-refractivity contribution is 1.08. The van der Waals surface area contributed by atoms with Crippen LogP contribution >= 0.6 is 97.6 Å². The van der Waals surface area contributed by atoms with E-state index >= 15 is 0 Å². The molecule has 0 saturated heterocycles. The minimum absolute atomic E-state index is 0.253. The zero-order valence-corrected chi connectivity index (χ0v) is 19.7. The van der Waals surface area contributed by atoms with Crippen LogP contribution in [0.15, 0.2) is 31.7 Å². The molecular formula is C14H22S8. The van der Waals surface area contributed by atoms with E-state index in [0.29, 0.717) is 0 Å². The molecule has 126 valence electrons. The average Bonchev–Trinajstić information content (AvgIpc) is 2.31. The van der Waals surface area contributed by atoms with Gasteiger partial charge in [0.2, 0.25) is 0 Å². The fourth-order valence-corrected chi connectivity index (χ4v) is 6.63. The minimum atomic E-state index is 0.253. The second kappa shape index (κ2) is 10.9. The molecule has 0 heterocycles. The van der Waals surface area contributed by atoms with Crippen LogP contribution in [0.1, 0.15) is 27.7 Å².